The summed E-state index contributed by atoms with van der Waals surface area (Å²) in [5, 5.41) is 2.09. The third-order valence-corrected chi connectivity index (χ3v) is 3.78. The van der Waals surface area contributed by atoms with Crippen molar-refractivity contribution in [2.75, 3.05) is 17.3 Å². The monoisotopic (exact) mass is 344 g/mol. The van der Waals surface area contributed by atoms with Gasteiger partial charge in [0.2, 0.25) is 0 Å². The van der Waals surface area contributed by atoms with Gasteiger partial charge in [0.15, 0.2) is 5.82 Å². The average molecular weight is 344 g/mol. The molecule has 8 heteroatoms. The van der Waals surface area contributed by atoms with Crippen LogP contribution >= 0.6 is 11.8 Å². The van der Waals surface area contributed by atoms with Gasteiger partial charge in [0.1, 0.15) is 0 Å². The summed E-state index contributed by atoms with van der Waals surface area (Å²) in [4.78, 5) is 12.4. The highest BCUT2D eigenvalue weighted by Crippen LogP contribution is 2.37. The van der Waals surface area contributed by atoms with Crippen molar-refractivity contribution in [3.05, 3.63) is 53.3 Å². The Balaban J connectivity index is 2.40. The van der Waals surface area contributed by atoms with Crippen LogP contribution in [0.2, 0.25) is 0 Å². The molecular formula is C15H12F4N2OS. The number of benzene rings is 2. The summed E-state index contributed by atoms with van der Waals surface area (Å²) in [6.07, 6.45) is -3.02. The summed E-state index contributed by atoms with van der Waals surface area (Å²) in [5.41, 5.74) is 3.23. The molecule has 0 radical (unpaired) electrons. The average Bonchev–Trinajstić information content (AvgIpc) is 2.49. The second kappa shape index (κ2) is 6.49. The number of nitrogens with one attached hydrogen (secondary N) is 1. The van der Waals surface area contributed by atoms with E-state index in [1.807, 2.05) is 0 Å². The lowest BCUT2D eigenvalue weighted by Gasteiger charge is -2.15. The molecule has 0 heterocycles. The molecular weight excluding hydrogens is 332 g/mol. The fourth-order valence-electron chi connectivity index (χ4n) is 1.91. The number of anilines is 2. The van der Waals surface area contributed by atoms with E-state index in [9.17, 15) is 22.4 Å². The topological polar surface area (TPSA) is 55.1 Å². The molecule has 0 bridgehead atoms. The molecule has 0 saturated heterocycles. The van der Waals surface area contributed by atoms with Crippen LogP contribution in [0.1, 0.15) is 15.9 Å². The van der Waals surface area contributed by atoms with Gasteiger partial charge in [0.25, 0.3) is 5.91 Å². The molecule has 0 spiro atoms. The van der Waals surface area contributed by atoms with Crippen LogP contribution in [0.4, 0.5) is 28.9 Å². The van der Waals surface area contributed by atoms with Crippen LogP contribution in [0.3, 0.4) is 0 Å². The Morgan fingerprint density at radius 2 is 1.91 bits per heavy atom. The minimum atomic E-state index is -4.65. The predicted octanol–water partition coefficient (Wildman–Crippen LogP) is 4.40. The molecule has 0 aliphatic rings. The zero-order valence-corrected chi connectivity index (χ0v) is 12.7. The van der Waals surface area contributed by atoms with Crippen molar-refractivity contribution in [2.45, 2.75) is 11.1 Å². The fraction of sp³-hybridized carbons (Fsp3) is 0.133. The molecule has 3 N–H and O–H groups in total. The molecule has 1 amide bonds. The van der Waals surface area contributed by atoms with Crippen molar-refractivity contribution in [1.29, 1.82) is 0 Å². The Hall–Kier alpha value is -2.22. The van der Waals surface area contributed by atoms with E-state index in [1.54, 1.807) is 6.26 Å². The number of amides is 1. The van der Waals surface area contributed by atoms with E-state index < -0.39 is 34.7 Å². The smallest absolute Gasteiger partial charge is 0.396 e. The SMILES string of the molecule is CSc1ccc(NC(=O)c2cccc(N)c2F)c(C(F)(F)F)c1. The first-order valence-electron chi connectivity index (χ1n) is 6.34. The molecule has 0 unspecified atom stereocenters. The van der Waals surface area contributed by atoms with Crippen LogP contribution in [0.25, 0.3) is 0 Å². The van der Waals surface area contributed by atoms with Crippen LogP contribution in [0.5, 0.6) is 0 Å². The Morgan fingerprint density at radius 1 is 1.22 bits per heavy atom. The van der Waals surface area contributed by atoms with E-state index in [0.29, 0.717) is 4.90 Å². The zero-order valence-electron chi connectivity index (χ0n) is 11.9. The molecule has 3 nitrogen and oxygen atoms in total. The zero-order chi connectivity index (χ0) is 17.2. The van der Waals surface area contributed by atoms with Crippen LogP contribution in [0, 0.1) is 5.82 Å². The van der Waals surface area contributed by atoms with Crippen LogP contribution in [-0.4, -0.2) is 12.2 Å². The lowest BCUT2D eigenvalue weighted by atomic mass is 10.1. The fourth-order valence-corrected chi connectivity index (χ4v) is 2.35. The third kappa shape index (κ3) is 3.76. The molecule has 0 saturated carbocycles. The van der Waals surface area contributed by atoms with Gasteiger partial charge < -0.3 is 11.1 Å². The summed E-state index contributed by atoms with van der Waals surface area (Å²) in [5.74, 6) is -1.98. The van der Waals surface area contributed by atoms with Gasteiger partial charge in [0, 0.05) is 4.90 Å². The van der Waals surface area contributed by atoms with E-state index in [1.165, 1.54) is 18.2 Å². The second-order valence-electron chi connectivity index (χ2n) is 4.57. The maximum Gasteiger partial charge on any atom is 0.418 e. The number of halogens is 4. The number of carbonyl (C=O) groups excluding carboxylic acids is 1. The largest absolute Gasteiger partial charge is 0.418 e. The first kappa shape index (κ1) is 17.1. The molecule has 0 aliphatic carbocycles. The van der Waals surface area contributed by atoms with Gasteiger partial charge in [-0.15, -0.1) is 11.8 Å². The number of rotatable bonds is 3. The molecule has 0 fully saturated rings. The molecule has 2 aromatic rings. The van der Waals surface area contributed by atoms with E-state index in [0.717, 1.165) is 30.0 Å². The third-order valence-electron chi connectivity index (χ3n) is 3.05. The quantitative estimate of drug-likeness (QED) is 0.493. The number of thioether (sulfide) groups is 1. The highest BCUT2D eigenvalue weighted by molar-refractivity contribution is 7.98. The van der Waals surface area contributed by atoms with Crippen LogP contribution in [0.15, 0.2) is 41.3 Å². The highest BCUT2D eigenvalue weighted by Gasteiger charge is 2.34. The Bertz CT molecular complexity index is 747. The Kier molecular flexibility index (Phi) is 4.84. The number of hydrogen-bond acceptors (Lipinski definition) is 3. The molecule has 122 valence electrons. The van der Waals surface area contributed by atoms with Crippen LogP contribution in [-0.2, 0) is 6.18 Å². The van der Waals surface area contributed by atoms with E-state index >= 15 is 0 Å². The van der Waals surface area contributed by atoms with Crippen molar-refractivity contribution in [3.63, 3.8) is 0 Å². The van der Waals surface area contributed by atoms with Gasteiger partial charge in [0.05, 0.1) is 22.5 Å². The molecule has 23 heavy (non-hydrogen) atoms. The van der Waals surface area contributed by atoms with Gasteiger partial charge in [-0.3, -0.25) is 4.79 Å². The minimum Gasteiger partial charge on any atom is -0.396 e. The summed E-state index contributed by atoms with van der Waals surface area (Å²) in [6.45, 7) is 0. The van der Waals surface area contributed by atoms with Crippen molar-refractivity contribution >= 4 is 29.0 Å². The second-order valence-corrected chi connectivity index (χ2v) is 5.45. The number of alkyl halides is 3. The van der Waals surface area contributed by atoms with Gasteiger partial charge in [-0.1, -0.05) is 6.07 Å². The lowest BCUT2D eigenvalue weighted by Crippen LogP contribution is -2.18. The molecule has 0 aromatic heterocycles. The van der Waals surface area contributed by atoms with Crippen molar-refractivity contribution < 1.29 is 22.4 Å². The number of hydrogen-bond donors (Lipinski definition) is 2. The number of nitrogen functional groups attached to an aromatic ring is 1. The Morgan fingerprint density at radius 3 is 2.52 bits per heavy atom. The molecule has 0 atom stereocenters. The first-order chi connectivity index (χ1) is 10.7. The number of nitrogens with two attached hydrogens (primary N) is 1. The maximum atomic E-state index is 13.8. The summed E-state index contributed by atoms with van der Waals surface area (Å²) >= 11 is 1.14. The molecule has 0 aliphatic heterocycles. The van der Waals surface area contributed by atoms with Crippen LogP contribution < -0.4 is 11.1 Å². The van der Waals surface area contributed by atoms with E-state index in [-0.39, 0.29) is 5.69 Å². The first-order valence-corrected chi connectivity index (χ1v) is 7.57. The normalized spacial score (nSPS) is 11.3. The summed E-state index contributed by atoms with van der Waals surface area (Å²) < 4.78 is 53.1. The lowest BCUT2D eigenvalue weighted by molar-refractivity contribution is -0.137. The van der Waals surface area contributed by atoms with Gasteiger partial charge in [-0.05, 0) is 36.6 Å². The Labute approximate surface area is 133 Å². The van der Waals surface area contributed by atoms with Gasteiger partial charge in [-0.25, -0.2) is 4.39 Å². The van der Waals surface area contributed by atoms with Gasteiger partial charge in [-0.2, -0.15) is 13.2 Å². The van der Waals surface area contributed by atoms with Crippen molar-refractivity contribution in [2.24, 2.45) is 0 Å². The highest BCUT2D eigenvalue weighted by atomic mass is 32.2. The van der Waals surface area contributed by atoms with E-state index in [2.05, 4.69) is 5.32 Å². The maximum absolute atomic E-state index is 13.8. The van der Waals surface area contributed by atoms with Crippen molar-refractivity contribution in [1.82, 2.24) is 0 Å². The number of carbonyl (C=O) groups is 1. The summed E-state index contributed by atoms with van der Waals surface area (Å²) in [7, 11) is 0. The van der Waals surface area contributed by atoms with Crippen molar-refractivity contribution in [3.8, 4) is 0 Å². The molecule has 2 aromatic carbocycles. The minimum absolute atomic E-state index is 0.258. The van der Waals surface area contributed by atoms with Gasteiger partial charge >= 0.3 is 6.18 Å². The molecule has 2 rings (SSSR count). The standard InChI is InChI=1S/C15H12F4N2OS/c1-23-8-5-6-12(10(7-8)15(17,18)19)21-14(22)9-3-2-4-11(20)13(9)16/h2-7H,20H2,1H3,(H,21,22). The summed E-state index contributed by atoms with van der Waals surface area (Å²) in [6, 6.07) is 7.23. The van der Waals surface area contributed by atoms with E-state index in [4.69, 9.17) is 5.73 Å². The predicted molar refractivity (Wildman–Crippen MR) is 82.0 cm³/mol.